The summed E-state index contributed by atoms with van der Waals surface area (Å²) in [6, 6.07) is 3.93. The number of sulfone groups is 1. The third-order valence-corrected chi connectivity index (χ3v) is 4.83. The minimum Gasteiger partial charge on any atom is -0.315 e. The standard InChI is InChI=1S/C12H20N2O2S/c1-11(2)17(15,16)10-9-14-8-5-12-3-6-13-7-4-12/h3-4,6-7,11,14H,5,8-10H2,1-2H3. The van der Waals surface area contributed by atoms with Crippen LogP contribution in [-0.4, -0.2) is 37.5 Å². The van der Waals surface area contributed by atoms with Gasteiger partial charge in [-0.25, -0.2) is 8.42 Å². The fraction of sp³-hybridized carbons (Fsp3) is 0.583. The summed E-state index contributed by atoms with van der Waals surface area (Å²) in [6.07, 6.45) is 4.42. The van der Waals surface area contributed by atoms with E-state index in [1.807, 2.05) is 12.1 Å². The van der Waals surface area contributed by atoms with Gasteiger partial charge in [-0.05, 0) is 44.5 Å². The second kappa shape index (κ2) is 6.71. The van der Waals surface area contributed by atoms with E-state index in [-0.39, 0.29) is 11.0 Å². The van der Waals surface area contributed by atoms with Gasteiger partial charge in [0.25, 0.3) is 0 Å². The summed E-state index contributed by atoms with van der Waals surface area (Å²) >= 11 is 0. The lowest BCUT2D eigenvalue weighted by Crippen LogP contribution is -2.28. The molecular formula is C12H20N2O2S. The van der Waals surface area contributed by atoms with Crippen LogP contribution in [0.15, 0.2) is 24.5 Å². The van der Waals surface area contributed by atoms with Crippen molar-refractivity contribution >= 4 is 9.84 Å². The third-order valence-electron chi connectivity index (χ3n) is 2.62. The van der Waals surface area contributed by atoms with Crippen LogP contribution in [0, 0.1) is 0 Å². The van der Waals surface area contributed by atoms with Crippen molar-refractivity contribution in [2.75, 3.05) is 18.8 Å². The molecule has 1 rings (SSSR count). The van der Waals surface area contributed by atoms with E-state index in [0.717, 1.165) is 13.0 Å². The van der Waals surface area contributed by atoms with Crippen LogP contribution < -0.4 is 5.32 Å². The Kier molecular flexibility index (Phi) is 5.58. The predicted octanol–water partition coefficient (Wildman–Crippen LogP) is 1.04. The number of aromatic nitrogens is 1. The lowest BCUT2D eigenvalue weighted by Gasteiger charge is -2.08. The van der Waals surface area contributed by atoms with E-state index in [4.69, 9.17) is 0 Å². The van der Waals surface area contributed by atoms with Gasteiger partial charge in [-0.1, -0.05) is 0 Å². The molecule has 0 spiro atoms. The van der Waals surface area contributed by atoms with Crippen LogP contribution in [0.3, 0.4) is 0 Å². The number of hydrogen-bond donors (Lipinski definition) is 1. The molecule has 0 aliphatic carbocycles. The molecule has 96 valence electrons. The van der Waals surface area contributed by atoms with Gasteiger partial charge >= 0.3 is 0 Å². The molecule has 0 saturated heterocycles. The third kappa shape index (κ3) is 5.28. The maximum Gasteiger partial charge on any atom is 0.153 e. The molecule has 1 heterocycles. The first-order valence-electron chi connectivity index (χ1n) is 5.83. The largest absolute Gasteiger partial charge is 0.315 e. The summed E-state index contributed by atoms with van der Waals surface area (Å²) in [7, 11) is -2.92. The zero-order valence-electron chi connectivity index (χ0n) is 10.4. The first-order valence-corrected chi connectivity index (χ1v) is 7.55. The van der Waals surface area contributed by atoms with Gasteiger partial charge in [0.2, 0.25) is 0 Å². The van der Waals surface area contributed by atoms with Crippen molar-refractivity contribution in [2.24, 2.45) is 0 Å². The van der Waals surface area contributed by atoms with Gasteiger partial charge in [0, 0.05) is 18.9 Å². The first-order chi connectivity index (χ1) is 8.02. The highest BCUT2D eigenvalue weighted by Gasteiger charge is 2.14. The molecular weight excluding hydrogens is 236 g/mol. The molecule has 0 atom stereocenters. The highest BCUT2D eigenvalue weighted by Crippen LogP contribution is 1.99. The van der Waals surface area contributed by atoms with Gasteiger partial charge in [0.1, 0.15) is 0 Å². The molecule has 5 heteroatoms. The molecule has 0 amide bonds. The van der Waals surface area contributed by atoms with Crippen LogP contribution in [0.4, 0.5) is 0 Å². The van der Waals surface area contributed by atoms with Gasteiger partial charge in [-0.2, -0.15) is 0 Å². The molecule has 0 aliphatic heterocycles. The normalized spacial score (nSPS) is 11.9. The van der Waals surface area contributed by atoms with E-state index >= 15 is 0 Å². The molecule has 0 radical (unpaired) electrons. The van der Waals surface area contributed by atoms with E-state index in [9.17, 15) is 8.42 Å². The van der Waals surface area contributed by atoms with Crippen LogP contribution in [0.1, 0.15) is 19.4 Å². The molecule has 0 bridgehead atoms. The Hall–Kier alpha value is -0.940. The van der Waals surface area contributed by atoms with Crippen molar-refractivity contribution in [2.45, 2.75) is 25.5 Å². The van der Waals surface area contributed by atoms with Gasteiger partial charge in [0.05, 0.1) is 11.0 Å². The van der Waals surface area contributed by atoms with Gasteiger partial charge in [-0.3, -0.25) is 4.98 Å². The number of nitrogens with one attached hydrogen (secondary N) is 1. The van der Waals surface area contributed by atoms with Crippen LogP contribution in [0.2, 0.25) is 0 Å². The van der Waals surface area contributed by atoms with Crippen molar-refractivity contribution in [1.29, 1.82) is 0 Å². The molecule has 0 aliphatic rings. The van der Waals surface area contributed by atoms with Crippen LogP contribution in [0.5, 0.6) is 0 Å². The maximum atomic E-state index is 11.5. The predicted molar refractivity (Wildman–Crippen MR) is 69.7 cm³/mol. The topological polar surface area (TPSA) is 59.1 Å². The smallest absolute Gasteiger partial charge is 0.153 e. The highest BCUT2D eigenvalue weighted by molar-refractivity contribution is 7.92. The van der Waals surface area contributed by atoms with Crippen molar-refractivity contribution in [3.8, 4) is 0 Å². The van der Waals surface area contributed by atoms with E-state index in [1.165, 1.54) is 5.56 Å². The molecule has 0 saturated carbocycles. The summed E-state index contributed by atoms with van der Waals surface area (Å²) in [5.74, 6) is 0.209. The Balaban J connectivity index is 2.18. The zero-order chi connectivity index (χ0) is 12.7. The Morgan fingerprint density at radius 1 is 1.24 bits per heavy atom. The Labute approximate surface area is 103 Å². The molecule has 0 fully saturated rings. The Morgan fingerprint density at radius 3 is 2.47 bits per heavy atom. The lowest BCUT2D eigenvalue weighted by atomic mass is 10.2. The van der Waals surface area contributed by atoms with Gasteiger partial charge in [0.15, 0.2) is 9.84 Å². The van der Waals surface area contributed by atoms with Crippen molar-refractivity contribution in [1.82, 2.24) is 10.3 Å². The second-order valence-corrected chi connectivity index (χ2v) is 6.95. The van der Waals surface area contributed by atoms with E-state index in [1.54, 1.807) is 26.2 Å². The fourth-order valence-electron chi connectivity index (χ4n) is 1.36. The minimum atomic E-state index is -2.92. The number of rotatable bonds is 7. The van der Waals surface area contributed by atoms with Gasteiger partial charge < -0.3 is 5.32 Å². The molecule has 0 unspecified atom stereocenters. The fourth-order valence-corrected chi connectivity index (χ4v) is 2.26. The van der Waals surface area contributed by atoms with Crippen molar-refractivity contribution in [3.63, 3.8) is 0 Å². The number of hydrogen-bond acceptors (Lipinski definition) is 4. The molecule has 17 heavy (non-hydrogen) atoms. The molecule has 0 aromatic carbocycles. The summed E-state index contributed by atoms with van der Waals surface area (Å²) < 4.78 is 23.0. The molecule has 1 N–H and O–H groups in total. The Morgan fingerprint density at radius 2 is 1.88 bits per heavy atom. The Bertz CT molecular complexity index is 415. The molecule has 1 aromatic heterocycles. The summed E-state index contributed by atoms with van der Waals surface area (Å²) in [5, 5.41) is 2.86. The van der Waals surface area contributed by atoms with Crippen LogP contribution in [0.25, 0.3) is 0 Å². The van der Waals surface area contributed by atoms with Crippen molar-refractivity contribution in [3.05, 3.63) is 30.1 Å². The highest BCUT2D eigenvalue weighted by atomic mass is 32.2. The maximum absolute atomic E-state index is 11.5. The molecule has 1 aromatic rings. The number of pyridine rings is 1. The van der Waals surface area contributed by atoms with Crippen LogP contribution in [-0.2, 0) is 16.3 Å². The summed E-state index contributed by atoms with van der Waals surface area (Å²) in [6.45, 7) is 4.74. The van der Waals surface area contributed by atoms with E-state index in [0.29, 0.717) is 6.54 Å². The van der Waals surface area contributed by atoms with E-state index < -0.39 is 9.84 Å². The first kappa shape index (κ1) is 14.1. The van der Waals surface area contributed by atoms with E-state index in [2.05, 4.69) is 10.3 Å². The quantitative estimate of drug-likeness (QED) is 0.740. The summed E-state index contributed by atoms with van der Waals surface area (Å²) in [4.78, 5) is 3.94. The minimum absolute atomic E-state index is 0.209. The average molecular weight is 256 g/mol. The average Bonchev–Trinajstić information content (AvgIpc) is 2.29. The molecule has 4 nitrogen and oxygen atoms in total. The SMILES string of the molecule is CC(C)S(=O)(=O)CCNCCc1ccncc1. The second-order valence-electron chi connectivity index (χ2n) is 4.27. The lowest BCUT2D eigenvalue weighted by molar-refractivity contribution is 0.582. The van der Waals surface area contributed by atoms with Crippen molar-refractivity contribution < 1.29 is 8.42 Å². The summed E-state index contributed by atoms with van der Waals surface area (Å²) in [5.41, 5.74) is 1.21. The number of nitrogens with zero attached hydrogens (tertiary/aromatic N) is 1. The van der Waals surface area contributed by atoms with Crippen LogP contribution >= 0.6 is 0 Å². The van der Waals surface area contributed by atoms with Gasteiger partial charge in [-0.15, -0.1) is 0 Å². The monoisotopic (exact) mass is 256 g/mol. The zero-order valence-corrected chi connectivity index (χ0v) is 11.2.